The molecule has 3 aromatic rings. The first-order valence-electron chi connectivity index (χ1n) is 13.6. The lowest BCUT2D eigenvalue weighted by Crippen LogP contribution is -2.08. The van der Waals surface area contributed by atoms with Gasteiger partial charge in [0.2, 0.25) is 0 Å². The Hall–Kier alpha value is -4.46. The van der Waals surface area contributed by atoms with Crippen LogP contribution >= 0.6 is 0 Å². The zero-order valence-corrected chi connectivity index (χ0v) is 23.9. The summed E-state index contributed by atoms with van der Waals surface area (Å²) in [6.07, 6.45) is 4.48. The second kappa shape index (κ2) is 14.8. The molecule has 1 aromatic heterocycles. The minimum Gasteiger partial charge on any atom is -0.466 e. The van der Waals surface area contributed by atoms with Crippen molar-refractivity contribution in [3.63, 3.8) is 0 Å². The van der Waals surface area contributed by atoms with E-state index in [9.17, 15) is 19.2 Å². The Morgan fingerprint density at radius 3 is 1.93 bits per heavy atom. The number of carbonyl (C=O) groups excluding carboxylic acids is 3. The minimum atomic E-state index is -0.521. The number of hydrogen-bond acceptors (Lipinski definition) is 8. The summed E-state index contributed by atoms with van der Waals surface area (Å²) in [6.45, 7) is 12.4. The van der Waals surface area contributed by atoms with Crippen LogP contribution in [0.25, 0.3) is 22.1 Å². The Kier molecular flexibility index (Phi) is 11.2. The van der Waals surface area contributed by atoms with Crippen molar-refractivity contribution < 1.29 is 33.0 Å². The second-order valence-electron chi connectivity index (χ2n) is 9.97. The lowest BCUT2D eigenvalue weighted by atomic mass is 9.95. The summed E-state index contributed by atoms with van der Waals surface area (Å²) in [5.74, 6) is -0.869. The summed E-state index contributed by atoms with van der Waals surface area (Å²) in [7, 11) is 0. The molecule has 0 N–H and O–H groups in total. The first-order chi connectivity index (χ1) is 19.5. The van der Waals surface area contributed by atoms with Gasteiger partial charge in [-0.25, -0.2) is 14.4 Å². The standard InChI is InChI=1S/C33H36O8/c1-21(2)31(35)39-17-9-7-11-26-20-30-27(18-25(26)10-6-8-16-38-23(5)34)19-29(33(37)41-30)24-12-14-28(15-13-24)40-32(36)22(3)4/h12-15,18-20H,1,3,6-11,16-17H2,2,4-5H3. The normalized spacial score (nSPS) is 10.7. The SMILES string of the molecule is C=C(C)C(=O)OCCCCc1cc2oc(=O)c(-c3ccc(OC(=O)C(=C)C)cc3)cc2cc1CCCCOC(C)=O. The molecule has 0 atom stereocenters. The van der Waals surface area contributed by atoms with Crippen LogP contribution in [0.2, 0.25) is 0 Å². The lowest BCUT2D eigenvalue weighted by molar-refractivity contribution is -0.141. The molecule has 1 heterocycles. The molecule has 0 radical (unpaired) electrons. The Labute approximate surface area is 239 Å². The highest BCUT2D eigenvalue weighted by molar-refractivity contribution is 5.89. The minimum absolute atomic E-state index is 0.289. The predicted octanol–water partition coefficient (Wildman–Crippen LogP) is 6.27. The van der Waals surface area contributed by atoms with Crippen molar-refractivity contribution in [3.8, 4) is 16.9 Å². The molecule has 41 heavy (non-hydrogen) atoms. The number of ether oxygens (including phenoxy) is 3. The predicted molar refractivity (Wildman–Crippen MR) is 157 cm³/mol. The van der Waals surface area contributed by atoms with Crippen molar-refractivity contribution in [1.29, 1.82) is 0 Å². The Balaban J connectivity index is 1.82. The molecule has 216 valence electrons. The number of hydrogen-bond donors (Lipinski definition) is 0. The van der Waals surface area contributed by atoms with Gasteiger partial charge in [-0.2, -0.15) is 0 Å². The van der Waals surface area contributed by atoms with Crippen molar-refractivity contribution in [2.24, 2.45) is 0 Å². The van der Waals surface area contributed by atoms with Crippen molar-refractivity contribution >= 4 is 28.9 Å². The molecule has 0 saturated heterocycles. The molecule has 0 bridgehead atoms. The highest BCUT2D eigenvalue weighted by Gasteiger charge is 2.13. The van der Waals surface area contributed by atoms with Crippen LogP contribution in [0.15, 0.2) is 76.0 Å². The topological polar surface area (TPSA) is 109 Å². The van der Waals surface area contributed by atoms with Gasteiger partial charge in [0.05, 0.1) is 18.8 Å². The third-order valence-electron chi connectivity index (χ3n) is 6.35. The van der Waals surface area contributed by atoms with Crippen molar-refractivity contribution in [2.45, 2.75) is 59.3 Å². The lowest BCUT2D eigenvalue weighted by Gasteiger charge is -2.13. The number of esters is 3. The molecular formula is C33H36O8. The molecular weight excluding hydrogens is 524 g/mol. The Morgan fingerprint density at radius 2 is 1.34 bits per heavy atom. The quantitative estimate of drug-likeness (QED) is 0.0746. The van der Waals surface area contributed by atoms with Gasteiger partial charge >= 0.3 is 23.5 Å². The molecule has 0 aliphatic rings. The second-order valence-corrected chi connectivity index (χ2v) is 9.97. The van der Waals surface area contributed by atoms with E-state index in [0.717, 1.165) is 48.6 Å². The average Bonchev–Trinajstić information content (AvgIpc) is 2.92. The number of unbranched alkanes of at least 4 members (excludes halogenated alkanes) is 2. The van der Waals surface area contributed by atoms with Crippen LogP contribution in [0.1, 0.15) is 57.6 Å². The fourth-order valence-corrected chi connectivity index (χ4v) is 4.16. The van der Waals surface area contributed by atoms with E-state index in [1.54, 1.807) is 44.2 Å². The van der Waals surface area contributed by atoms with E-state index in [2.05, 4.69) is 13.2 Å². The van der Waals surface area contributed by atoms with Crippen LogP contribution in [-0.4, -0.2) is 31.1 Å². The molecule has 0 fully saturated rings. The van der Waals surface area contributed by atoms with Crippen LogP contribution in [0.5, 0.6) is 5.75 Å². The zero-order valence-electron chi connectivity index (χ0n) is 23.9. The third kappa shape index (κ3) is 9.31. The monoisotopic (exact) mass is 560 g/mol. The molecule has 0 unspecified atom stereocenters. The van der Waals surface area contributed by atoms with Crippen LogP contribution in [0, 0.1) is 0 Å². The summed E-state index contributed by atoms with van der Waals surface area (Å²) >= 11 is 0. The van der Waals surface area contributed by atoms with Gasteiger partial charge in [-0.15, -0.1) is 0 Å². The zero-order chi connectivity index (χ0) is 29.9. The molecule has 0 aliphatic carbocycles. The van der Waals surface area contributed by atoms with Crippen LogP contribution < -0.4 is 10.4 Å². The first-order valence-corrected chi connectivity index (χ1v) is 13.6. The fourth-order valence-electron chi connectivity index (χ4n) is 4.16. The largest absolute Gasteiger partial charge is 0.466 e. The highest BCUT2D eigenvalue weighted by Crippen LogP contribution is 2.27. The maximum absolute atomic E-state index is 12.9. The van der Waals surface area contributed by atoms with E-state index >= 15 is 0 Å². The summed E-state index contributed by atoms with van der Waals surface area (Å²) in [4.78, 5) is 47.4. The third-order valence-corrected chi connectivity index (χ3v) is 6.35. The van der Waals surface area contributed by atoms with E-state index in [1.165, 1.54) is 6.92 Å². The van der Waals surface area contributed by atoms with Gasteiger partial charge in [-0.3, -0.25) is 4.79 Å². The number of fused-ring (bicyclic) bond motifs is 1. The first kappa shape index (κ1) is 31.1. The summed E-state index contributed by atoms with van der Waals surface area (Å²) in [5, 5.41) is 0.784. The van der Waals surface area contributed by atoms with E-state index in [-0.39, 0.29) is 11.5 Å². The number of rotatable bonds is 14. The summed E-state index contributed by atoms with van der Waals surface area (Å²) in [6, 6.07) is 12.4. The van der Waals surface area contributed by atoms with Crippen molar-refractivity contribution in [1.82, 2.24) is 0 Å². The van der Waals surface area contributed by atoms with Crippen molar-refractivity contribution in [2.75, 3.05) is 13.2 Å². The average molecular weight is 561 g/mol. The molecule has 8 nitrogen and oxygen atoms in total. The van der Waals surface area contributed by atoms with Gasteiger partial charge in [0.1, 0.15) is 11.3 Å². The number of benzene rings is 2. The van der Waals surface area contributed by atoms with Crippen LogP contribution in [-0.2, 0) is 36.7 Å². The van der Waals surface area contributed by atoms with Gasteiger partial charge in [0.15, 0.2) is 0 Å². The number of carbonyl (C=O) groups is 3. The molecule has 2 aromatic carbocycles. The summed E-state index contributed by atoms with van der Waals surface area (Å²) < 4.78 is 21.2. The maximum Gasteiger partial charge on any atom is 0.344 e. The van der Waals surface area contributed by atoms with E-state index in [1.807, 2.05) is 12.1 Å². The van der Waals surface area contributed by atoms with Crippen LogP contribution in [0.3, 0.4) is 0 Å². The van der Waals surface area contributed by atoms with E-state index < -0.39 is 17.6 Å². The van der Waals surface area contributed by atoms with Crippen molar-refractivity contribution in [3.05, 3.63) is 88.3 Å². The van der Waals surface area contributed by atoms with Gasteiger partial charge < -0.3 is 18.6 Å². The van der Waals surface area contributed by atoms with Gasteiger partial charge in [-0.05, 0) is 99.4 Å². The Morgan fingerprint density at radius 1 is 0.756 bits per heavy atom. The van der Waals surface area contributed by atoms with Gasteiger partial charge in [0.25, 0.3) is 0 Å². The van der Waals surface area contributed by atoms with E-state index in [4.69, 9.17) is 18.6 Å². The number of aryl methyl sites for hydroxylation is 2. The molecule has 0 amide bonds. The summed E-state index contributed by atoms with van der Waals surface area (Å²) in [5.41, 5.74) is 3.85. The van der Waals surface area contributed by atoms with Crippen LogP contribution in [0.4, 0.5) is 0 Å². The van der Waals surface area contributed by atoms with E-state index in [0.29, 0.717) is 47.7 Å². The molecule has 3 rings (SSSR count). The van der Waals surface area contributed by atoms with Gasteiger partial charge in [0, 0.05) is 23.5 Å². The molecule has 0 aliphatic heterocycles. The molecule has 8 heteroatoms. The Bertz CT molecular complexity index is 1490. The maximum atomic E-state index is 12.9. The molecule has 0 spiro atoms. The molecule has 0 saturated carbocycles. The highest BCUT2D eigenvalue weighted by atomic mass is 16.5. The van der Waals surface area contributed by atoms with Gasteiger partial charge in [-0.1, -0.05) is 25.3 Å². The smallest absolute Gasteiger partial charge is 0.344 e. The fraction of sp³-hybridized carbons (Fsp3) is 0.333.